The molecule has 6 nitrogen and oxygen atoms in total. The van der Waals surface area contributed by atoms with E-state index in [1.54, 1.807) is 24.3 Å². The van der Waals surface area contributed by atoms with Gasteiger partial charge in [-0.05, 0) is 42.2 Å². The molecule has 6 heteroatoms. The summed E-state index contributed by atoms with van der Waals surface area (Å²) in [4.78, 5) is 32.8. The van der Waals surface area contributed by atoms with Gasteiger partial charge in [-0.3, -0.25) is 9.59 Å². The Hall–Kier alpha value is -3.41. The first-order chi connectivity index (χ1) is 13.7. The highest BCUT2D eigenvalue weighted by atomic mass is 16.5. The van der Waals surface area contributed by atoms with Gasteiger partial charge in [0, 0.05) is 6.08 Å². The number of esters is 1. The van der Waals surface area contributed by atoms with Gasteiger partial charge < -0.3 is 14.2 Å². The molecule has 0 aromatic heterocycles. The number of hydrogen-bond acceptors (Lipinski definition) is 6. The lowest BCUT2D eigenvalue weighted by Crippen LogP contribution is -2.04. The summed E-state index contributed by atoms with van der Waals surface area (Å²) in [5.74, 6) is 0.214. The zero-order valence-corrected chi connectivity index (χ0v) is 15.4. The number of benzene rings is 2. The third kappa shape index (κ3) is 7.45. The molecular formula is C22H22O6. The Morgan fingerprint density at radius 1 is 0.893 bits per heavy atom. The van der Waals surface area contributed by atoms with Crippen LogP contribution in [0.2, 0.25) is 0 Å². The molecule has 2 aromatic carbocycles. The minimum Gasteiger partial charge on any atom is -0.482 e. The predicted octanol–water partition coefficient (Wildman–Crippen LogP) is 3.03. The van der Waals surface area contributed by atoms with Crippen LogP contribution in [0.5, 0.6) is 11.5 Å². The van der Waals surface area contributed by atoms with E-state index in [9.17, 15) is 14.4 Å². The molecule has 28 heavy (non-hydrogen) atoms. The zero-order valence-electron chi connectivity index (χ0n) is 15.4. The van der Waals surface area contributed by atoms with Crippen molar-refractivity contribution in [3.05, 3.63) is 65.7 Å². The van der Waals surface area contributed by atoms with Gasteiger partial charge in [-0.1, -0.05) is 36.4 Å². The lowest BCUT2D eigenvalue weighted by atomic mass is 10.1. The Labute approximate surface area is 163 Å². The normalized spacial score (nSPS) is 10.4. The van der Waals surface area contributed by atoms with Gasteiger partial charge in [-0.15, -0.1) is 0 Å². The molecule has 146 valence electrons. The van der Waals surface area contributed by atoms with Crippen LogP contribution in [-0.4, -0.2) is 38.4 Å². The molecule has 2 aromatic rings. The second kappa shape index (κ2) is 12.1. The molecule has 0 saturated heterocycles. The van der Waals surface area contributed by atoms with Crippen LogP contribution in [0.25, 0.3) is 6.08 Å². The molecular weight excluding hydrogens is 360 g/mol. The number of aldehydes is 2. The number of carbonyl (C=O) groups is 3. The van der Waals surface area contributed by atoms with E-state index >= 15 is 0 Å². The summed E-state index contributed by atoms with van der Waals surface area (Å²) in [6.07, 6.45) is 5.72. The molecule has 0 amide bonds. The summed E-state index contributed by atoms with van der Waals surface area (Å²) in [6, 6.07) is 14.9. The summed E-state index contributed by atoms with van der Waals surface area (Å²) >= 11 is 0. The van der Waals surface area contributed by atoms with Gasteiger partial charge in [-0.2, -0.15) is 0 Å². The number of aryl methyl sites for hydroxylation is 1. The van der Waals surface area contributed by atoms with E-state index < -0.39 is 5.97 Å². The quantitative estimate of drug-likeness (QED) is 0.243. The summed E-state index contributed by atoms with van der Waals surface area (Å²) in [7, 11) is 0. The fourth-order valence-electron chi connectivity index (χ4n) is 2.41. The molecule has 2 rings (SSSR count). The number of hydrogen-bond donors (Lipinski definition) is 0. The van der Waals surface area contributed by atoms with E-state index in [4.69, 9.17) is 14.2 Å². The first-order valence-corrected chi connectivity index (χ1v) is 8.88. The van der Waals surface area contributed by atoms with Crippen molar-refractivity contribution in [2.75, 3.05) is 19.8 Å². The van der Waals surface area contributed by atoms with E-state index in [0.717, 1.165) is 12.8 Å². The van der Waals surface area contributed by atoms with Crippen molar-refractivity contribution in [2.24, 2.45) is 0 Å². The van der Waals surface area contributed by atoms with E-state index in [1.807, 2.05) is 30.3 Å². The summed E-state index contributed by atoms with van der Waals surface area (Å²) in [6.45, 7) is 0.0697. The first-order valence-electron chi connectivity index (χ1n) is 8.88. The second-order valence-electron chi connectivity index (χ2n) is 5.75. The molecule has 0 saturated carbocycles. The maximum atomic E-state index is 11.8. The van der Waals surface area contributed by atoms with Crippen LogP contribution < -0.4 is 9.47 Å². The van der Waals surface area contributed by atoms with Gasteiger partial charge in [0.25, 0.3) is 0 Å². The fraction of sp³-hybridized carbons (Fsp3) is 0.227. The smallest absolute Gasteiger partial charge is 0.330 e. The first kappa shape index (κ1) is 20.9. The van der Waals surface area contributed by atoms with E-state index in [1.165, 1.54) is 11.6 Å². The maximum absolute atomic E-state index is 11.8. The topological polar surface area (TPSA) is 78.9 Å². The average Bonchev–Trinajstić information content (AvgIpc) is 2.73. The largest absolute Gasteiger partial charge is 0.482 e. The number of ether oxygens (including phenoxy) is 3. The third-order valence-electron chi connectivity index (χ3n) is 3.69. The lowest BCUT2D eigenvalue weighted by Gasteiger charge is -2.10. The van der Waals surface area contributed by atoms with Crippen LogP contribution >= 0.6 is 0 Å². The van der Waals surface area contributed by atoms with Gasteiger partial charge in [0.2, 0.25) is 0 Å². The highest BCUT2D eigenvalue weighted by Crippen LogP contribution is 2.28. The molecule has 0 unspecified atom stereocenters. The summed E-state index contributed by atoms with van der Waals surface area (Å²) in [5.41, 5.74) is 1.87. The van der Waals surface area contributed by atoms with Crippen molar-refractivity contribution >= 4 is 24.6 Å². The summed E-state index contributed by atoms with van der Waals surface area (Å²) < 4.78 is 15.7. The van der Waals surface area contributed by atoms with Crippen LogP contribution in [0.4, 0.5) is 0 Å². The molecule has 0 N–H and O–H groups in total. The Balaban J connectivity index is 1.86. The van der Waals surface area contributed by atoms with Gasteiger partial charge >= 0.3 is 5.97 Å². The van der Waals surface area contributed by atoms with Crippen molar-refractivity contribution in [3.8, 4) is 11.5 Å². The van der Waals surface area contributed by atoms with Crippen molar-refractivity contribution in [1.82, 2.24) is 0 Å². The van der Waals surface area contributed by atoms with E-state index in [-0.39, 0.29) is 13.2 Å². The van der Waals surface area contributed by atoms with Crippen LogP contribution in [0.3, 0.4) is 0 Å². The highest BCUT2D eigenvalue weighted by molar-refractivity contribution is 5.87. The standard InChI is InChI=1S/C22H22O6/c23-12-15-26-20-10-8-19(17-21(20)27-16-13-24)9-11-22(25)28-14-4-7-18-5-2-1-3-6-18/h1-3,5-6,8-13,17H,4,7,14-16H2/b11-9+. The molecule has 0 spiro atoms. The maximum Gasteiger partial charge on any atom is 0.330 e. The van der Waals surface area contributed by atoms with Gasteiger partial charge in [0.05, 0.1) is 6.61 Å². The Bertz CT molecular complexity index is 798. The van der Waals surface area contributed by atoms with Crippen LogP contribution in [-0.2, 0) is 25.5 Å². The molecule has 0 radical (unpaired) electrons. The molecule has 0 bridgehead atoms. The zero-order chi connectivity index (χ0) is 20.0. The molecule has 0 heterocycles. The Morgan fingerprint density at radius 2 is 1.61 bits per heavy atom. The van der Waals surface area contributed by atoms with Crippen LogP contribution in [0.1, 0.15) is 17.5 Å². The molecule has 0 atom stereocenters. The Morgan fingerprint density at radius 3 is 2.32 bits per heavy atom. The van der Waals surface area contributed by atoms with Crippen molar-refractivity contribution in [1.29, 1.82) is 0 Å². The number of rotatable bonds is 12. The molecule has 0 fully saturated rings. The van der Waals surface area contributed by atoms with Crippen molar-refractivity contribution in [2.45, 2.75) is 12.8 Å². The monoisotopic (exact) mass is 382 g/mol. The minimum absolute atomic E-state index is 0.123. The third-order valence-corrected chi connectivity index (χ3v) is 3.69. The van der Waals surface area contributed by atoms with Gasteiger partial charge in [0.1, 0.15) is 13.2 Å². The van der Waals surface area contributed by atoms with Crippen molar-refractivity contribution in [3.63, 3.8) is 0 Å². The second-order valence-corrected chi connectivity index (χ2v) is 5.75. The SMILES string of the molecule is O=CCOc1ccc(/C=C/C(=O)OCCCc2ccccc2)cc1OCC=O. The Kier molecular flexibility index (Phi) is 9.00. The number of carbonyl (C=O) groups excluding carboxylic acids is 3. The predicted molar refractivity (Wildman–Crippen MR) is 104 cm³/mol. The lowest BCUT2D eigenvalue weighted by molar-refractivity contribution is -0.137. The average molecular weight is 382 g/mol. The van der Waals surface area contributed by atoms with E-state index in [0.29, 0.717) is 36.2 Å². The molecule has 0 aliphatic heterocycles. The summed E-state index contributed by atoms with van der Waals surface area (Å²) in [5, 5.41) is 0. The van der Waals surface area contributed by atoms with E-state index in [2.05, 4.69) is 0 Å². The van der Waals surface area contributed by atoms with Crippen LogP contribution in [0, 0.1) is 0 Å². The van der Waals surface area contributed by atoms with Crippen LogP contribution in [0.15, 0.2) is 54.6 Å². The molecule has 0 aliphatic rings. The van der Waals surface area contributed by atoms with Gasteiger partial charge in [-0.25, -0.2) is 4.79 Å². The minimum atomic E-state index is -0.440. The van der Waals surface area contributed by atoms with Gasteiger partial charge in [0.15, 0.2) is 24.1 Å². The highest BCUT2D eigenvalue weighted by Gasteiger charge is 2.06. The molecule has 0 aliphatic carbocycles. The van der Waals surface area contributed by atoms with Crippen molar-refractivity contribution < 1.29 is 28.6 Å². The fourth-order valence-corrected chi connectivity index (χ4v) is 2.41.